The lowest BCUT2D eigenvalue weighted by atomic mass is 9.99. The number of nitrogens with one attached hydrogen (secondary N) is 2. The molecule has 2 aromatic carbocycles. The Bertz CT molecular complexity index is 1100. The van der Waals surface area contributed by atoms with Crippen LogP contribution in [-0.4, -0.2) is 68.9 Å². The quantitative estimate of drug-likeness (QED) is 0.388. The summed E-state index contributed by atoms with van der Waals surface area (Å²) in [5.74, 6) is -0.645. The maximum absolute atomic E-state index is 14.1. The Morgan fingerprint density at radius 3 is 2.61 bits per heavy atom. The first kappa shape index (κ1) is 23.4. The van der Waals surface area contributed by atoms with Crippen molar-refractivity contribution in [3.63, 3.8) is 0 Å². The predicted octanol–water partition coefficient (Wildman–Crippen LogP) is 2.68. The van der Waals surface area contributed by atoms with E-state index in [1.165, 1.54) is 17.7 Å². The fourth-order valence-corrected chi connectivity index (χ4v) is 4.23. The topological polar surface area (TPSA) is 92.6 Å². The molecule has 33 heavy (non-hydrogen) atoms. The van der Waals surface area contributed by atoms with Crippen LogP contribution >= 0.6 is 0 Å². The second kappa shape index (κ2) is 10.9. The fourth-order valence-electron chi connectivity index (χ4n) is 4.23. The summed E-state index contributed by atoms with van der Waals surface area (Å²) in [6.45, 7) is 5.02. The number of carbonyl (C=O) groups excluding carboxylic acids is 1. The lowest BCUT2D eigenvalue weighted by Crippen LogP contribution is -2.23. The lowest BCUT2D eigenvalue weighted by Gasteiger charge is -2.17. The van der Waals surface area contributed by atoms with Crippen LogP contribution in [0.25, 0.3) is 22.2 Å². The number of H-pyrrole nitrogens is 1. The molecule has 3 aromatic rings. The van der Waals surface area contributed by atoms with Crippen LogP contribution in [0.15, 0.2) is 36.4 Å². The minimum Gasteiger partial charge on any atom is -0.378 e. The van der Waals surface area contributed by atoms with Gasteiger partial charge in [-0.25, -0.2) is 4.39 Å². The molecule has 0 atom stereocenters. The molecular weight excluding hydrogens is 423 g/mol. The van der Waals surface area contributed by atoms with Gasteiger partial charge in [0.25, 0.3) is 5.91 Å². The summed E-state index contributed by atoms with van der Waals surface area (Å²) in [6, 6.07) is 11.1. The van der Waals surface area contributed by atoms with Crippen molar-refractivity contribution in [1.29, 1.82) is 0 Å². The summed E-state index contributed by atoms with van der Waals surface area (Å²) < 4.78 is 25.0. The van der Waals surface area contributed by atoms with Crippen LogP contribution in [-0.2, 0) is 22.4 Å². The number of carbonyl (C=O) groups is 1. The average Bonchev–Trinajstić information content (AvgIpc) is 3.07. The molecule has 0 spiro atoms. The number of rotatable bonds is 11. The molecule has 2 heterocycles. The third kappa shape index (κ3) is 5.59. The smallest absolute Gasteiger partial charge is 0.252 e. The molecule has 8 heteroatoms. The summed E-state index contributed by atoms with van der Waals surface area (Å²) in [4.78, 5) is 17.9. The molecule has 1 aromatic heterocycles. The highest BCUT2D eigenvalue weighted by Gasteiger charge is 2.23. The van der Waals surface area contributed by atoms with Crippen molar-refractivity contribution in [3.05, 3.63) is 58.9 Å². The van der Waals surface area contributed by atoms with Gasteiger partial charge in [-0.2, -0.15) is 0 Å². The van der Waals surface area contributed by atoms with Crippen molar-refractivity contribution in [3.8, 4) is 11.3 Å². The zero-order valence-corrected chi connectivity index (χ0v) is 19.0. The monoisotopic (exact) mass is 454 g/mol. The third-order valence-corrected chi connectivity index (χ3v) is 5.82. The highest BCUT2D eigenvalue weighted by atomic mass is 19.1. The van der Waals surface area contributed by atoms with E-state index >= 15 is 0 Å². The number of likely N-dealkylation sites (N-methyl/N-ethyl adjacent to an activating group) is 1. The van der Waals surface area contributed by atoms with E-state index in [1.807, 2.05) is 0 Å². The molecule has 7 nitrogen and oxygen atoms in total. The molecule has 1 aliphatic rings. The average molecular weight is 455 g/mol. The van der Waals surface area contributed by atoms with E-state index in [-0.39, 0.29) is 5.91 Å². The van der Waals surface area contributed by atoms with Gasteiger partial charge in [-0.3, -0.25) is 9.69 Å². The lowest BCUT2D eigenvalue weighted by molar-refractivity contribution is 0.0429. The van der Waals surface area contributed by atoms with Crippen molar-refractivity contribution in [2.45, 2.75) is 13.0 Å². The van der Waals surface area contributed by atoms with Gasteiger partial charge in [0.2, 0.25) is 0 Å². The standard InChI is InChI=1S/C25H31FN4O3/c1-30(9-11-33-13-12-32-10-7-27)16-17-2-4-18(5-3-17)24-20-6-8-28-25(31)21-14-19(26)15-22(29-24)23(20)21/h2-5,14-15,29H,6-13,16,27H2,1H3,(H,28,31). The van der Waals surface area contributed by atoms with Crippen LogP contribution < -0.4 is 11.1 Å². The molecule has 0 radical (unpaired) electrons. The van der Waals surface area contributed by atoms with Gasteiger partial charge in [-0.1, -0.05) is 24.3 Å². The van der Waals surface area contributed by atoms with Gasteiger partial charge >= 0.3 is 0 Å². The molecular formula is C25H31FN4O3. The number of amides is 1. The van der Waals surface area contributed by atoms with E-state index in [1.54, 1.807) is 0 Å². The summed E-state index contributed by atoms with van der Waals surface area (Å²) in [5, 5.41) is 3.68. The van der Waals surface area contributed by atoms with E-state index in [4.69, 9.17) is 15.2 Å². The van der Waals surface area contributed by atoms with Gasteiger partial charge in [0.1, 0.15) is 5.82 Å². The van der Waals surface area contributed by atoms with Crippen LogP contribution in [0.2, 0.25) is 0 Å². The highest BCUT2D eigenvalue weighted by molar-refractivity contribution is 6.10. The summed E-state index contributed by atoms with van der Waals surface area (Å²) >= 11 is 0. The first-order valence-electron chi connectivity index (χ1n) is 11.3. The van der Waals surface area contributed by atoms with Gasteiger partial charge < -0.3 is 25.5 Å². The zero-order valence-electron chi connectivity index (χ0n) is 19.0. The Hall–Kier alpha value is -2.78. The molecule has 0 bridgehead atoms. The number of benzene rings is 2. The van der Waals surface area contributed by atoms with E-state index in [2.05, 4.69) is 46.5 Å². The number of hydrogen-bond donors (Lipinski definition) is 3. The normalized spacial score (nSPS) is 13.5. The largest absolute Gasteiger partial charge is 0.378 e. The molecule has 0 unspecified atom stereocenters. The highest BCUT2D eigenvalue weighted by Crippen LogP contribution is 2.34. The molecule has 0 saturated carbocycles. The van der Waals surface area contributed by atoms with Crippen molar-refractivity contribution in [2.24, 2.45) is 5.73 Å². The van der Waals surface area contributed by atoms with Crippen LogP contribution in [0.1, 0.15) is 21.5 Å². The molecule has 0 saturated heterocycles. The molecule has 4 rings (SSSR count). The van der Waals surface area contributed by atoms with Crippen LogP contribution in [0, 0.1) is 5.82 Å². The Morgan fingerprint density at radius 1 is 1.09 bits per heavy atom. The SMILES string of the molecule is CN(CCOCCOCCN)Cc1ccc(-c2[nH]c3cc(F)cc4c3c2CCNC4=O)cc1. The Morgan fingerprint density at radius 2 is 1.85 bits per heavy atom. The Labute approximate surface area is 193 Å². The van der Waals surface area contributed by atoms with Crippen LogP contribution in [0.4, 0.5) is 4.39 Å². The van der Waals surface area contributed by atoms with Crippen molar-refractivity contribution < 1.29 is 18.7 Å². The molecule has 1 aliphatic heterocycles. The van der Waals surface area contributed by atoms with Crippen molar-refractivity contribution in [1.82, 2.24) is 15.2 Å². The van der Waals surface area contributed by atoms with Crippen molar-refractivity contribution >= 4 is 16.8 Å². The maximum Gasteiger partial charge on any atom is 0.252 e. The summed E-state index contributed by atoms with van der Waals surface area (Å²) in [5.41, 5.74) is 10.6. The molecule has 176 valence electrons. The minimum absolute atomic E-state index is 0.228. The van der Waals surface area contributed by atoms with Crippen LogP contribution in [0.3, 0.4) is 0 Å². The number of nitrogens with two attached hydrogens (primary N) is 1. The van der Waals surface area contributed by atoms with E-state index in [9.17, 15) is 9.18 Å². The number of halogens is 1. The molecule has 4 N–H and O–H groups in total. The molecule has 0 fully saturated rings. The predicted molar refractivity (Wildman–Crippen MR) is 127 cm³/mol. The number of hydrogen-bond acceptors (Lipinski definition) is 5. The minimum atomic E-state index is -0.417. The summed E-state index contributed by atoms with van der Waals surface area (Å²) in [7, 11) is 2.06. The van der Waals surface area contributed by atoms with Gasteiger partial charge in [0.15, 0.2) is 0 Å². The van der Waals surface area contributed by atoms with Crippen molar-refractivity contribution in [2.75, 3.05) is 53.1 Å². The fraction of sp³-hybridized carbons (Fsp3) is 0.400. The second-order valence-electron chi connectivity index (χ2n) is 8.31. The number of nitrogens with zero attached hydrogens (tertiary/aromatic N) is 1. The van der Waals surface area contributed by atoms with E-state index in [0.29, 0.717) is 57.0 Å². The van der Waals surface area contributed by atoms with Gasteiger partial charge in [0, 0.05) is 42.8 Å². The van der Waals surface area contributed by atoms with E-state index in [0.717, 1.165) is 35.3 Å². The number of aromatic amines is 1. The van der Waals surface area contributed by atoms with Gasteiger partial charge in [0.05, 0.1) is 32.0 Å². The van der Waals surface area contributed by atoms with Gasteiger partial charge in [-0.15, -0.1) is 0 Å². The van der Waals surface area contributed by atoms with Crippen LogP contribution in [0.5, 0.6) is 0 Å². The number of aromatic nitrogens is 1. The third-order valence-electron chi connectivity index (χ3n) is 5.82. The summed E-state index contributed by atoms with van der Waals surface area (Å²) in [6.07, 6.45) is 0.696. The molecule has 0 aliphatic carbocycles. The molecule has 1 amide bonds. The maximum atomic E-state index is 14.1. The number of ether oxygens (including phenoxy) is 2. The zero-order chi connectivity index (χ0) is 23.2. The first-order chi connectivity index (χ1) is 16.1. The van der Waals surface area contributed by atoms with Gasteiger partial charge in [-0.05, 0) is 42.3 Å². The second-order valence-corrected chi connectivity index (χ2v) is 8.31. The van der Waals surface area contributed by atoms with E-state index < -0.39 is 5.82 Å². The Balaban J connectivity index is 1.41. The Kier molecular flexibility index (Phi) is 7.72. The first-order valence-corrected chi connectivity index (χ1v) is 11.3.